The number of nitrogens with zero attached hydrogens (tertiary/aromatic N) is 4. The second kappa shape index (κ2) is 7.72. The molecule has 0 atom stereocenters. The van der Waals surface area contributed by atoms with E-state index in [0.717, 1.165) is 49.7 Å². The molecule has 3 heterocycles. The summed E-state index contributed by atoms with van der Waals surface area (Å²) in [6.45, 7) is 9.60. The van der Waals surface area contributed by atoms with Gasteiger partial charge in [0.15, 0.2) is 0 Å². The van der Waals surface area contributed by atoms with Crippen LogP contribution in [0.3, 0.4) is 0 Å². The number of anilines is 1. The fourth-order valence-corrected chi connectivity index (χ4v) is 4.34. The maximum atomic E-state index is 4.80. The second-order valence-corrected chi connectivity index (χ2v) is 8.04. The number of rotatable bonds is 4. The van der Waals surface area contributed by atoms with Gasteiger partial charge in [0.25, 0.3) is 0 Å². The summed E-state index contributed by atoms with van der Waals surface area (Å²) in [7, 11) is 0. The Balaban J connectivity index is 1.54. The molecule has 3 aromatic rings. The summed E-state index contributed by atoms with van der Waals surface area (Å²) in [6.07, 6.45) is 2.15. The third kappa shape index (κ3) is 3.74. The van der Waals surface area contributed by atoms with Gasteiger partial charge in [0.05, 0.1) is 16.2 Å². The number of benzene rings is 1. The Labute approximate surface area is 159 Å². The molecular formula is C21H26N4S. The second-order valence-electron chi connectivity index (χ2n) is 6.98. The van der Waals surface area contributed by atoms with E-state index in [1.54, 1.807) is 11.3 Å². The van der Waals surface area contributed by atoms with Crippen LogP contribution >= 0.6 is 11.3 Å². The van der Waals surface area contributed by atoms with Crippen LogP contribution in [0.1, 0.15) is 29.7 Å². The highest BCUT2D eigenvalue weighted by atomic mass is 32.1. The highest BCUT2D eigenvalue weighted by Gasteiger charge is 2.18. The van der Waals surface area contributed by atoms with Gasteiger partial charge in [-0.25, -0.2) is 4.98 Å². The van der Waals surface area contributed by atoms with Crippen molar-refractivity contribution >= 4 is 27.9 Å². The van der Waals surface area contributed by atoms with Crippen molar-refractivity contribution in [2.75, 3.05) is 31.1 Å². The summed E-state index contributed by atoms with van der Waals surface area (Å²) in [6, 6.07) is 10.8. The summed E-state index contributed by atoms with van der Waals surface area (Å²) in [5.41, 5.74) is 4.85. The average Bonchev–Trinajstić information content (AvgIpc) is 2.93. The maximum Gasteiger partial charge on any atom is 0.0897 e. The fourth-order valence-electron chi connectivity index (χ4n) is 3.73. The number of aryl methyl sites for hydroxylation is 2. The minimum atomic E-state index is 0.968. The Kier molecular flexibility index (Phi) is 5.18. The third-order valence-electron chi connectivity index (χ3n) is 5.09. The normalized spacial score (nSPS) is 16.2. The Bertz CT molecular complexity index is 889. The smallest absolute Gasteiger partial charge is 0.0897 e. The van der Waals surface area contributed by atoms with Crippen LogP contribution in [0, 0.1) is 6.92 Å². The first kappa shape index (κ1) is 17.4. The molecule has 0 N–H and O–H groups in total. The first-order valence-electron chi connectivity index (χ1n) is 9.50. The molecule has 0 bridgehead atoms. The van der Waals surface area contributed by atoms with Crippen molar-refractivity contribution in [3.05, 3.63) is 52.1 Å². The van der Waals surface area contributed by atoms with Gasteiger partial charge >= 0.3 is 0 Å². The average molecular weight is 367 g/mol. The van der Waals surface area contributed by atoms with E-state index in [0.29, 0.717) is 0 Å². The zero-order valence-corrected chi connectivity index (χ0v) is 16.4. The van der Waals surface area contributed by atoms with Gasteiger partial charge < -0.3 is 4.90 Å². The van der Waals surface area contributed by atoms with Crippen LogP contribution in [-0.4, -0.2) is 41.0 Å². The number of pyridine rings is 1. The molecule has 1 aromatic carbocycles. The molecule has 2 aromatic heterocycles. The zero-order chi connectivity index (χ0) is 17.9. The number of hydrogen-bond acceptors (Lipinski definition) is 5. The van der Waals surface area contributed by atoms with E-state index in [1.807, 2.05) is 0 Å². The van der Waals surface area contributed by atoms with Gasteiger partial charge in [-0.3, -0.25) is 9.88 Å². The van der Waals surface area contributed by atoms with Crippen LogP contribution in [0.4, 0.5) is 5.69 Å². The summed E-state index contributed by atoms with van der Waals surface area (Å²) in [5.74, 6) is 0. The van der Waals surface area contributed by atoms with Gasteiger partial charge in [-0.15, -0.1) is 11.3 Å². The van der Waals surface area contributed by atoms with Gasteiger partial charge in [0, 0.05) is 54.9 Å². The lowest BCUT2D eigenvalue weighted by Gasteiger charge is -2.25. The van der Waals surface area contributed by atoms with Crippen LogP contribution in [-0.2, 0) is 13.0 Å². The SMILES string of the molecule is CCc1cc(N2CCCN(Cc3csc(C)n3)CC2)c2ccccc2n1. The fraction of sp³-hybridized carbons (Fsp3) is 0.429. The number of fused-ring (bicyclic) bond motifs is 1. The molecule has 1 aliphatic rings. The molecule has 26 heavy (non-hydrogen) atoms. The summed E-state index contributed by atoms with van der Waals surface area (Å²) in [5, 5.41) is 4.63. The van der Waals surface area contributed by atoms with Gasteiger partial charge in [0.1, 0.15) is 0 Å². The first-order valence-corrected chi connectivity index (χ1v) is 10.4. The number of hydrogen-bond donors (Lipinski definition) is 0. The van der Waals surface area contributed by atoms with E-state index < -0.39 is 0 Å². The number of aromatic nitrogens is 2. The summed E-state index contributed by atoms with van der Waals surface area (Å²) in [4.78, 5) is 14.5. The molecule has 0 saturated carbocycles. The zero-order valence-electron chi connectivity index (χ0n) is 15.6. The lowest BCUT2D eigenvalue weighted by Crippen LogP contribution is -2.30. The Morgan fingerprint density at radius 2 is 1.92 bits per heavy atom. The topological polar surface area (TPSA) is 32.3 Å². The molecule has 0 spiro atoms. The lowest BCUT2D eigenvalue weighted by atomic mass is 10.1. The molecular weight excluding hydrogens is 340 g/mol. The minimum Gasteiger partial charge on any atom is -0.370 e. The van der Waals surface area contributed by atoms with Crippen molar-refractivity contribution in [3.8, 4) is 0 Å². The molecule has 4 nitrogen and oxygen atoms in total. The van der Waals surface area contributed by atoms with Gasteiger partial charge in [0.2, 0.25) is 0 Å². The van der Waals surface area contributed by atoms with Crippen LogP contribution in [0.5, 0.6) is 0 Å². The standard InChI is InChI=1S/C21H26N4S/c1-3-17-13-21(19-7-4-5-8-20(19)23-17)25-10-6-9-24(11-12-25)14-18-15-26-16(2)22-18/h4-5,7-8,13,15H,3,6,9-12,14H2,1-2H3. The highest BCUT2D eigenvalue weighted by Crippen LogP contribution is 2.28. The molecule has 5 heteroatoms. The Morgan fingerprint density at radius 3 is 2.73 bits per heavy atom. The molecule has 4 rings (SSSR count). The highest BCUT2D eigenvalue weighted by molar-refractivity contribution is 7.09. The van der Waals surface area contributed by atoms with E-state index in [1.165, 1.54) is 28.9 Å². The molecule has 0 aliphatic carbocycles. The van der Waals surface area contributed by atoms with Crippen LogP contribution in [0.15, 0.2) is 35.7 Å². The Morgan fingerprint density at radius 1 is 1.04 bits per heavy atom. The molecule has 0 unspecified atom stereocenters. The number of para-hydroxylation sites is 1. The van der Waals surface area contributed by atoms with Gasteiger partial charge in [-0.05, 0) is 31.9 Å². The van der Waals surface area contributed by atoms with E-state index >= 15 is 0 Å². The van der Waals surface area contributed by atoms with Crippen molar-refractivity contribution in [3.63, 3.8) is 0 Å². The van der Waals surface area contributed by atoms with Crippen molar-refractivity contribution < 1.29 is 0 Å². The van der Waals surface area contributed by atoms with E-state index in [4.69, 9.17) is 4.98 Å². The molecule has 0 amide bonds. The predicted octanol–water partition coefficient (Wildman–Crippen LogP) is 4.27. The molecule has 1 saturated heterocycles. The quantitative estimate of drug-likeness (QED) is 0.690. The van der Waals surface area contributed by atoms with Crippen molar-refractivity contribution in [1.29, 1.82) is 0 Å². The third-order valence-corrected chi connectivity index (χ3v) is 5.91. The Hall–Kier alpha value is -1.98. The van der Waals surface area contributed by atoms with Crippen molar-refractivity contribution in [1.82, 2.24) is 14.9 Å². The lowest BCUT2D eigenvalue weighted by molar-refractivity contribution is 0.282. The molecule has 1 fully saturated rings. The predicted molar refractivity (Wildman–Crippen MR) is 110 cm³/mol. The van der Waals surface area contributed by atoms with E-state index in [2.05, 4.69) is 64.3 Å². The molecule has 0 radical (unpaired) electrons. The van der Waals surface area contributed by atoms with E-state index in [-0.39, 0.29) is 0 Å². The summed E-state index contributed by atoms with van der Waals surface area (Å²) < 4.78 is 0. The van der Waals surface area contributed by atoms with Crippen molar-refractivity contribution in [2.24, 2.45) is 0 Å². The van der Waals surface area contributed by atoms with E-state index in [9.17, 15) is 0 Å². The van der Waals surface area contributed by atoms with Crippen LogP contribution in [0.25, 0.3) is 10.9 Å². The molecule has 136 valence electrons. The van der Waals surface area contributed by atoms with Gasteiger partial charge in [-0.1, -0.05) is 25.1 Å². The molecule has 1 aliphatic heterocycles. The first-order chi connectivity index (χ1) is 12.7. The minimum absolute atomic E-state index is 0.968. The summed E-state index contributed by atoms with van der Waals surface area (Å²) >= 11 is 1.75. The largest absolute Gasteiger partial charge is 0.370 e. The number of thiazole rings is 1. The van der Waals surface area contributed by atoms with Crippen LogP contribution in [0.2, 0.25) is 0 Å². The van der Waals surface area contributed by atoms with Gasteiger partial charge in [-0.2, -0.15) is 0 Å². The maximum absolute atomic E-state index is 4.80. The van der Waals surface area contributed by atoms with Crippen LogP contribution < -0.4 is 4.90 Å². The van der Waals surface area contributed by atoms with Crippen molar-refractivity contribution in [2.45, 2.75) is 33.2 Å². The monoisotopic (exact) mass is 366 g/mol.